The Bertz CT molecular complexity index is 389. The molecular formula is C13H16ClNO2. The van der Waals surface area contributed by atoms with Gasteiger partial charge in [0, 0.05) is 18.2 Å². The number of hydrogen-bond donors (Lipinski definition) is 1. The number of rotatable bonds is 3. The van der Waals surface area contributed by atoms with Gasteiger partial charge in [0.25, 0.3) is 0 Å². The molecule has 1 saturated heterocycles. The highest BCUT2D eigenvalue weighted by Gasteiger charge is 2.21. The van der Waals surface area contributed by atoms with Crippen molar-refractivity contribution in [2.24, 2.45) is 5.92 Å². The molecule has 4 heteroatoms. The number of hydrogen-bond acceptors (Lipinski definition) is 2. The van der Waals surface area contributed by atoms with Crippen molar-refractivity contribution >= 4 is 17.5 Å². The fraction of sp³-hybridized carbons (Fsp3) is 0.462. The summed E-state index contributed by atoms with van der Waals surface area (Å²) in [5, 5.41) is 3.59. The molecule has 92 valence electrons. The smallest absolute Gasteiger partial charge is 0.225 e. The van der Waals surface area contributed by atoms with Gasteiger partial charge in [-0.15, -0.1) is 0 Å². The van der Waals surface area contributed by atoms with E-state index in [1.165, 1.54) is 0 Å². The molecule has 1 unspecified atom stereocenters. The highest BCUT2D eigenvalue weighted by Crippen LogP contribution is 2.16. The summed E-state index contributed by atoms with van der Waals surface area (Å²) in [6, 6.07) is 7.53. The summed E-state index contributed by atoms with van der Waals surface area (Å²) in [5.41, 5.74) is 0.944. The molecule has 1 atom stereocenters. The van der Waals surface area contributed by atoms with E-state index in [-0.39, 0.29) is 11.8 Å². The third-order valence-corrected chi connectivity index (χ3v) is 3.31. The summed E-state index contributed by atoms with van der Waals surface area (Å²) >= 11 is 6.02. The third-order valence-electron chi connectivity index (χ3n) is 2.94. The summed E-state index contributed by atoms with van der Waals surface area (Å²) in [7, 11) is 0. The van der Waals surface area contributed by atoms with Crippen LogP contribution in [0.1, 0.15) is 18.4 Å². The second-order valence-electron chi connectivity index (χ2n) is 4.22. The Morgan fingerprint density at radius 1 is 1.47 bits per heavy atom. The number of carbonyl (C=O) groups excluding carboxylic acids is 1. The van der Waals surface area contributed by atoms with Gasteiger partial charge in [-0.1, -0.05) is 29.8 Å². The Morgan fingerprint density at radius 3 is 3.00 bits per heavy atom. The molecule has 3 nitrogen and oxygen atoms in total. The van der Waals surface area contributed by atoms with Gasteiger partial charge < -0.3 is 10.1 Å². The lowest BCUT2D eigenvalue weighted by molar-refractivity contribution is -0.129. The maximum Gasteiger partial charge on any atom is 0.225 e. The molecule has 1 aromatic rings. The molecular weight excluding hydrogens is 238 g/mol. The van der Waals surface area contributed by atoms with Crippen LogP contribution in [0.2, 0.25) is 5.02 Å². The zero-order valence-corrected chi connectivity index (χ0v) is 10.4. The summed E-state index contributed by atoms with van der Waals surface area (Å²) in [5.74, 6) is 0.0517. The van der Waals surface area contributed by atoms with E-state index >= 15 is 0 Å². The predicted octanol–water partition coefficient (Wildman–Crippen LogP) is 2.38. The number of carbonyl (C=O) groups is 1. The highest BCUT2D eigenvalue weighted by atomic mass is 35.5. The molecule has 0 radical (unpaired) electrons. The normalized spacial score (nSPS) is 19.9. The molecule has 1 N–H and O–H groups in total. The SMILES string of the molecule is O=C(NCc1ccccc1Cl)C1CCCOC1. The van der Waals surface area contributed by atoms with Gasteiger partial charge in [-0.3, -0.25) is 4.79 Å². The first kappa shape index (κ1) is 12.4. The number of amides is 1. The number of nitrogens with one attached hydrogen (secondary N) is 1. The van der Waals surface area contributed by atoms with Crippen LogP contribution >= 0.6 is 11.6 Å². The Morgan fingerprint density at radius 2 is 2.29 bits per heavy atom. The fourth-order valence-corrected chi connectivity index (χ4v) is 2.12. The number of benzene rings is 1. The van der Waals surface area contributed by atoms with Gasteiger partial charge in [0.2, 0.25) is 5.91 Å². The van der Waals surface area contributed by atoms with Gasteiger partial charge in [-0.2, -0.15) is 0 Å². The van der Waals surface area contributed by atoms with Gasteiger partial charge >= 0.3 is 0 Å². The molecule has 0 aliphatic carbocycles. The molecule has 1 fully saturated rings. The zero-order valence-electron chi connectivity index (χ0n) is 9.62. The van der Waals surface area contributed by atoms with E-state index in [0.717, 1.165) is 25.0 Å². The molecule has 17 heavy (non-hydrogen) atoms. The molecule has 1 aromatic carbocycles. The van der Waals surface area contributed by atoms with Gasteiger partial charge in [-0.05, 0) is 24.5 Å². The van der Waals surface area contributed by atoms with Gasteiger partial charge in [-0.25, -0.2) is 0 Å². The van der Waals surface area contributed by atoms with Crippen LogP contribution in [0.25, 0.3) is 0 Å². The lowest BCUT2D eigenvalue weighted by Crippen LogP contribution is -2.35. The molecule has 1 amide bonds. The maximum atomic E-state index is 11.8. The molecule has 1 aliphatic heterocycles. The van der Waals surface area contributed by atoms with Crippen molar-refractivity contribution in [1.29, 1.82) is 0 Å². The minimum atomic E-state index is -0.00811. The summed E-state index contributed by atoms with van der Waals surface area (Å²) < 4.78 is 5.29. The Labute approximate surface area is 106 Å². The van der Waals surface area contributed by atoms with Crippen molar-refractivity contribution in [3.8, 4) is 0 Å². The van der Waals surface area contributed by atoms with E-state index in [1.807, 2.05) is 24.3 Å². The Hall–Kier alpha value is -1.06. The van der Waals surface area contributed by atoms with Crippen LogP contribution in [-0.2, 0) is 16.1 Å². The van der Waals surface area contributed by atoms with Crippen LogP contribution in [0.15, 0.2) is 24.3 Å². The molecule has 0 aromatic heterocycles. The van der Waals surface area contributed by atoms with Crippen molar-refractivity contribution in [3.63, 3.8) is 0 Å². The molecule has 0 bridgehead atoms. The van der Waals surface area contributed by atoms with Gasteiger partial charge in [0.15, 0.2) is 0 Å². The van der Waals surface area contributed by atoms with Gasteiger partial charge in [0.05, 0.1) is 12.5 Å². The van der Waals surface area contributed by atoms with Crippen LogP contribution in [0, 0.1) is 5.92 Å². The zero-order chi connectivity index (χ0) is 12.1. The first-order valence-electron chi connectivity index (χ1n) is 5.86. The second-order valence-corrected chi connectivity index (χ2v) is 4.63. The minimum Gasteiger partial charge on any atom is -0.381 e. The van der Waals surface area contributed by atoms with E-state index in [2.05, 4.69) is 5.32 Å². The van der Waals surface area contributed by atoms with Crippen molar-refractivity contribution < 1.29 is 9.53 Å². The van der Waals surface area contributed by atoms with Crippen LogP contribution in [0.3, 0.4) is 0 Å². The summed E-state index contributed by atoms with van der Waals surface area (Å²) in [6.07, 6.45) is 1.87. The van der Waals surface area contributed by atoms with E-state index in [4.69, 9.17) is 16.3 Å². The number of ether oxygens (including phenoxy) is 1. The third kappa shape index (κ3) is 3.45. The Kier molecular flexibility index (Phi) is 4.40. The van der Waals surface area contributed by atoms with Crippen LogP contribution in [-0.4, -0.2) is 19.1 Å². The first-order valence-corrected chi connectivity index (χ1v) is 6.24. The van der Waals surface area contributed by atoms with Crippen molar-refractivity contribution in [3.05, 3.63) is 34.9 Å². The van der Waals surface area contributed by atoms with Crippen LogP contribution in [0.5, 0.6) is 0 Å². The fourth-order valence-electron chi connectivity index (χ4n) is 1.92. The molecule has 0 spiro atoms. The maximum absolute atomic E-state index is 11.8. The topological polar surface area (TPSA) is 38.3 Å². The average molecular weight is 254 g/mol. The van der Waals surface area contributed by atoms with Crippen LogP contribution < -0.4 is 5.32 Å². The van der Waals surface area contributed by atoms with E-state index in [9.17, 15) is 4.79 Å². The standard InChI is InChI=1S/C13H16ClNO2/c14-12-6-2-1-4-10(12)8-15-13(16)11-5-3-7-17-9-11/h1-2,4,6,11H,3,5,7-9H2,(H,15,16). The van der Waals surface area contributed by atoms with E-state index in [0.29, 0.717) is 18.2 Å². The van der Waals surface area contributed by atoms with E-state index in [1.54, 1.807) is 0 Å². The van der Waals surface area contributed by atoms with Gasteiger partial charge in [0.1, 0.15) is 0 Å². The first-order chi connectivity index (χ1) is 8.27. The minimum absolute atomic E-state index is 0.00811. The molecule has 0 saturated carbocycles. The average Bonchev–Trinajstić information content (AvgIpc) is 2.38. The van der Waals surface area contributed by atoms with E-state index < -0.39 is 0 Å². The lowest BCUT2D eigenvalue weighted by Gasteiger charge is -2.21. The molecule has 1 heterocycles. The number of halogens is 1. The van der Waals surface area contributed by atoms with Crippen LogP contribution in [0.4, 0.5) is 0 Å². The molecule has 1 aliphatic rings. The summed E-state index contributed by atoms with van der Waals surface area (Å²) in [6.45, 7) is 1.79. The monoisotopic (exact) mass is 253 g/mol. The quantitative estimate of drug-likeness (QED) is 0.898. The summed E-state index contributed by atoms with van der Waals surface area (Å²) in [4.78, 5) is 11.8. The van der Waals surface area contributed by atoms with Crippen molar-refractivity contribution in [2.45, 2.75) is 19.4 Å². The Balaban J connectivity index is 1.85. The largest absolute Gasteiger partial charge is 0.381 e. The van der Waals surface area contributed by atoms with Crippen molar-refractivity contribution in [1.82, 2.24) is 5.32 Å². The highest BCUT2D eigenvalue weighted by molar-refractivity contribution is 6.31. The second kappa shape index (κ2) is 6.03. The predicted molar refractivity (Wildman–Crippen MR) is 66.8 cm³/mol. The van der Waals surface area contributed by atoms with Crippen molar-refractivity contribution in [2.75, 3.05) is 13.2 Å². The lowest BCUT2D eigenvalue weighted by atomic mass is 10.0. The molecule has 2 rings (SSSR count).